The van der Waals surface area contributed by atoms with Crippen molar-refractivity contribution < 1.29 is 9.21 Å². The Bertz CT molecular complexity index is 894. The lowest BCUT2D eigenvalue weighted by Gasteiger charge is -2.06. The van der Waals surface area contributed by atoms with E-state index in [-0.39, 0.29) is 5.91 Å². The lowest BCUT2D eigenvalue weighted by molar-refractivity contribution is -0.116. The number of nitrogens with zero attached hydrogens (tertiary/aromatic N) is 1. The molecule has 4 nitrogen and oxygen atoms in total. The summed E-state index contributed by atoms with van der Waals surface area (Å²) in [5.74, 6) is 0.943. The molecule has 0 spiro atoms. The number of aryl methyl sites for hydroxylation is 2. The number of amides is 1. The van der Waals surface area contributed by atoms with Gasteiger partial charge < -0.3 is 9.73 Å². The van der Waals surface area contributed by atoms with Crippen LogP contribution < -0.4 is 5.32 Å². The molecule has 1 aromatic heterocycles. The molecule has 0 bridgehead atoms. The van der Waals surface area contributed by atoms with Gasteiger partial charge in [-0.3, -0.25) is 4.79 Å². The van der Waals surface area contributed by atoms with Gasteiger partial charge in [-0.2, -0.15) is 0 Å². The van der Waals surface area contributed by atoms with Crippen LogP contribution in [0.3, 0.4) is 0 Å². The van der Waals surface area contributed by atoms with Crippen molar-refractivity contribution in [1.82, 2.24) is 4.98 Å². The van der Waals surface area contributed by atoms with Crippen molar-refractivity contribution >= 4 is 22.7 Å². The fourth-order valence-electron chi connectivity index (χ4n) is 2.59. The van der Waals surface area contributed by atoms with Gasteiger partial charge in [0.15, 0.2) is 5.58 Å². The molecule has 0 aliphatic heterocycles. The van der Waals surface area contributed by atoms with E-state index in [9.17, 15) is 4.79 Å². The van der Waals surface area contributed by atoms with E-state index in [1.54, 1.807) is 0 Å². The highest BCUT2D eigenvalue weighted by Gasteiger charge is 2.11. The molecule has 4 heteroatoms. The number of rotatable bonds is 4. The van der Waals surface area contributed by atoms with Gasteiger partial charge in [-0.1, -0.05) is 19.9 Å². The predicted molar refractivity (Wildman–Crippen MR) is 97.0 cm³/mol. The van der Waals surface area contributed by atoms with Crippen molar-refractivity contribution in [3.8, 4) is 11.5 Å². The van der Waals surface area contributed by atoms with E-state index in [0.29, 0.717) is 23.8 Å². The second-order valence-corrected chi connectivity index (χ2v) is 6.65. The average molecular weight is 322 g/mol. The van der Waals surface area contributed by atoms with Crippen LogP contribution in [0, 0.1) is 19.8 Å². The number of anilines is 1. The number of carbonyl (C=O) groups excluding carboxylic acids is 1. The second kappa shape index (κ2) is 6.48. The standard InChI is InChI=1S/C20H22N2O2/c1-12(2)9-19(23)21-16-7-8-18-17(11-16)22-20(24-18)15-6-5-13(3)14(4)10-15/h5-8,10-12H,9H2,1-4H3,(H,21,23). The molecule has 3 aromatic rings. The zero-order chi connectivity index (χ0) is 17.3. The lowest BCUT2D eigenvalue weighted by Crippen LogP contribution is -2.13. The minimum absolute atomic E-state index is 0.0160. The molecule has 2 aromatic carbocycles. The molecule has 0 unspecified atom stereocenters. The summed E-state index contributed by atoms with van der Waals surface area (Å²) >= 11 is 0. The highest BCUT2D eigenvalue weighted by Crippen LogP contribution is 2.27. The third-order valence-electron chi connectivity index (χ3n) is 4.02. The Morgan fingerprint density at radius 3 is 2.62 bits per heavy atom. The van der Waals surface area contributed by atoms with Gasteiger partial charge in [-0.05, 0) is 61.2 Å². The molecule has 0 aliphatic rings. The highest BCUT2D eigenvalue weighted by atomic mass is 16.3. The Kier molecular flexibility index (Phi) is 4.38. The molecule has 0 saturated carbocycles. The number of benzene rings is 2. The molecular weight excluding hydrogens is 300 g/mol. The molecule has 0 aliphatic carbocycles. The van der Waals surface area contributed by atoms with E-state index in [0.717, 1.165) is 16.8 Å². The molecule has 1 amide bonds. The third-order valence-corrected chi connectivity index (χ3v) is 4.02. The smallest absolute Gasteiger partial charge is 0.227 e. The molecule has 124 valence electrons. The molecule has 1 heterocycles. The van der Waals surface area contributed by atoms with Gasteiger partial charge in [0.05, 0.1) is 0 Å². The first-order valence-electron chi connectivity index (χ1n) is 8.20. The minimum atomic E-state index is 0.0160. The number of carbonyl (C=O) groups is 1. The van der Waals surface area contributed by atoms with Crippen LogP contribution in [0.15, 0.2) is 40.8 Å². The Labute approximate surface area is 141 Å². The maximum absolute atomic E-state index is 11.9. The zero-order valence-corrected chi connectivity index (χ0v) is 14.5. The number of hydrogen-bond acceptors (Lipinski definition) is 3. The Balaban J connectivity index is 1.88. The number of aromatic nitrogens is 1. The van der Waals surface area contributed by atoms with Crippen molar-refractivity contribution in [1.29, 1.82) is 0 Å². The largest absolute Gasteiger partial charge is 0.436 e. The van der Waals surface area contributed by atoms with Crippen molar-refractivity contribution in [2.75, 3.05) is 5.32 Å². The summed E-state index contributed by atoms with van der Waals surface area (Å²) in [4.78, 5) is 16.5. The van der Waals surface area contributed by atoms with Crippen LogP contribution in [-0.2, 0) is 4.79 Å². The Hall–Kier alpha value is -2.62. The van der Waals surface area contributed by atoms with Gasteiger partial charge >= 0.3 is 0 Å². The molecule has 0 radical (unpaired) electrons. The van der Waals surface area contributed by atoms with Gasteiger partial charge in [0.2, 0.25) is 11.8 Å². The summed E-state index contributed by atoms with van der Waals surface area (Å²) in [5, 5.41) is 2.91. The van der Waals surface area contributed by atoms with E-state index in [2.05, 4.69) is 36.3 Å². The van der Waals surface area contributed by atoms with Gasteiger partial charge in [-0.15, -0.1) is 0 Å². The first-order valence-corrected chi connectivity index (χ1v) is 8.20. The molecule has 0 saturated heterocycles. The van der Waals surface area contributed by atoms with Gasteiger partial charge in [0.1, 0.15) is 5.52 Å². The SMILES string of the molecule is Cc1ccc(-c2nc3cc(NC(=O)CC(C)C)ccc3o2)cc1C. The minimum Gasteiger partial charge on any atom is -0.436 e. The van der Waals surface area contributed by atoms with E-state index < -0.39 is 0 Å². The van der Waals surface area contributed by atoms with E-state index in [1.165, 1.54) is 11.1 Å². The fraction of sp³-hybridized carbons (Fsp3) is 0.300. The molecule has 3 rings (SSSR count). The summed E-state index contributed by atoms with van der Waals surface area (Å²) in [6.45, 7) is 8.20. The maximum Gasteiger partial charge on any atom is 0.227 e. The normalized spacial score (nSPS) is 11.2. The van der Waals surface area contributed by atoms with Crippen molar-refractivity contribution in [3.05, 3.63) is 47.5 Å². The molecule has 0 atom stereocenters. The van der Waals surface area contributed by atoms with Crippen molar-refractivity contribution in [2.45, 2.75) is 34.1 Å². The number of hydrogen-bond donors (Lipinski definition) is 1. The summed E-state index contributed by atoms with van der Waals surface area (Å²) in [6, 6.07) is 11.7. The van der Waals surface area contributed by atoms with Crippen LogP contribution in [0.2, 0.25) is 0 Å². The third kappa shape index (κ3) is 3.48. The Morgan fingerprint density at radius 2 is 1.92 bits per heavy atom. The monoisotopic (exact) mass is 322 g/mol. The van der Waals surface area contributed by atoms with Crippen LogP contribution >= 0.6 is 0 Å². The van der Waals surface area contributed by atoms with Crippen LogP contribution in [-0.4, -0.2) is 10.9 Å². The zero-order valence-electron chi connectivity index (χ0n) is 14.5. The average Bonchev–Trinajstić information content (AvgIpc) is 2.92. The van der Waals surface area contributed by atoms with Gasteiger partial charge in [-0.25, -0.2) is 4.98 Å². The molecule has 1 N–H and O–H groups in total. The summed E-state index contributed by atoms with van der Waals surface area (Å²) < 4.78 is 5.85. The highest BCUT2D eigenvalue weighted by molar-refractivity contribution is 5.93. The van der Waals surface area contributed by atoms with Gasteiger partial charge in [0.25, 0.3) is 0 Å². The first-order chi connectivity index (χ1) is 11.4. The first kappa shape index (κ1) is 16.2. The van der Waals surface area contributed by atoms with Crippen LogP contribution in [0.1, 0.15) is 31.4 Å². The molecule has 0 fully saturated rings. The topological polar surface area (TPSA) is 55.1 Å². The second-order valence-electron chi connectivity index (χ2n) is 6.65. The molecule has 24 heavy (non-hydrogen) atoms. The summed E-state index contributed by atoms with van der Waals surface area (Å²) in [5.41, 5.74) is 5.60. The maximum atomic E-state index is 11.9. The van der Waals surface area contributed by atoms with Gasteiger partial charge in [0, 0.05) is 17.7 Å². The van der Waals surface area contributed by atoms with E-state index >= 15 is 0 Å². The predicted octanol–water partition coefficient (Wildman–Crippen LogP) is 5.10. The Morgan fingerprint density at radius 1 is 1.12 bits per heavy atom. The van der Waals surface area contributed by atoms with E-state index in [4.69, 9.17) is 4.42 Å². The number of fused-ring (bicyclic) bond motifs is 1. The quantitative estimate of drug-likeness (QED) is 0.727. The van der Waals surface area contributed by atoms with Crippen LogP contribution in [0.4, 0.5) is 5.69 Å². The number of nitrogens with one attached hydrogen (secondary N) is 1. The lowest BCUT2D eigenvalue weighted by atomic mass is 10.1. The number of oxazole rings is 1. The molecular formula is C20H22N2O2. The van der Waals surface area contributed by atoms with Crippen LogP contribution in [0.25, 0.3) is 22.6 Å². The summed E-state index contributed by atoms with van der Waals surface area (Å²) in [6.07, 6.45) is 0.505. The van der Waals surface area contributed by atoms with E-state index in [1.807, 2.05) is 38.1 Å². The summed E-state index contributed by atoms with van der Waals surface area (Å²) in [7, 11) is 0. The van der Waals surface area contributed by atoms with Crippen molar-refractivity contribution in [3.63, 3.8) is 0 Å². The van der Waals surface area contributed by atoms with Crippen LogP contribution in [0.5, 0.6) is 0 Å². The van der Waals surface area contributed by atoms with Crippen molar-refractivity contribution in [2.24, 2.45) is 5.92 Å². The fourth-order valence-corrected chi connectivity index (χ4v) is 2.59.